The average molecular weight is 344 g/mol. The molecule has 6 nitrogen and oxygen atoms in total. The maximum Gasteiger partial charge on any atom is 0.263 e. The van der Waals surface area contributed by atoms with Crippen molar-refractivity contribution in [2.75, 3.05) is 19.6 Å². The van der Waals surface area contributed by atoms with Gasteiger partial charge in [-0.25, -0.2) is 9.37 Å². The fourth-order valence-electron chi connectivity index (χ4n) is 3.13. The maximum atomic E-state index is 13.2. The van der Waals surface area contributed by atoms with E-state index in [1.165, 1.54) is 18.3 Å². The van der Waals surface area contributed by atoms with Crippen LogP contribution in [0.2, 0.25) is 0 Å². The van der Waals surface area contributed by atoms with Crippen LogP contribution < -0.4 is 10.9 Å². The first-order chi connectivity index (χ1) is 12.0. The molecule has 0 saturated carbocycles. The number of hydrogen-bond donors (Lipinski definition) is 2. The number of carbonyl (C=O) groups is 1. The standard InChI is InChI=1S/C18H21FN4O2/c1-12-20-10-15(18(25)22-12)17(24)21-11-16(23-8-2-3-9-23)13-4-6-14(19)7-5-13/h4-7,10,16H,2-3,8-9,11H2,1H3,(H,21,24)(H,20,22,25)/t16-/m0/s1. The molecule has 132 valence electrons. The Kier molecular flexibility index (Phi) is 5.23. The van der Waals surface area contributed by atoms with Crippen LogP contribution in [0.15, 0.2) is 35.3 Å². The Hall–Kier alpha value is -2.54. The van der Waals surface area contributed by atoms with E-state index in [9.17, 15) is 14.0 Å². The van der Waals surface area contributed by atoms with E-state index < -0.39 is 11.5 Å². The highest BCUT2D eigenvalue weighted by Crippen LogP contribution is 2.24. The number of hydrogen-bond acceptors (Lipinski definition) is 4. The van der Waals surface area contributed by atoms with Crippen molar-refractivity contribution in [3.8, 4) is 0 Å². The van der Waals surface area contributed by atoms with Crippen LogP contribution in [0.25, 0.3) is 0 Å². The van der Waals surface area contributed by atoms with E-state index in [-0.39, 0.29) is 17.4 Å². The molecule has 1 atom stereocenters. The van der Waals surface area contributed by atoms with Gasteiger partial charge in [-0.3, -0.25) is 14.5 Å². The fraction of sp³-hybridized carbons (Fsp3) is 0.389. The summed E-state index contributed by atoms with van der Waals surface area (Å²) in [6.45, 7) is 3.87. The number of aryl methyl sites for hydroxylation is 1. The number of rotatable bonds is 5. The van der Waals surface area contributed by atoms with Gasteiger partial charge in [-0.1, -0.05) is 12.1 Å². The molecule has 1 amide bonds. The van der Waals surface area contributed by atoms with Gasteiger partial charge >= 0.3 is 0 Å². The molecule has 1 aromatic heterocycles. The molecule has 0 bridgehead atoms. The molecule has 0 radical (unpaired) electrons. The van der Waals surface area contributed by atoms with E-state index in [2.05, 4.69) is 20.2 Å². The number of amides is 1. The highest BCUT2D eigenvalue weighted by molar-refractivity contribution is 5.93. The van der Waals surface area contributed by atoms with Crippen LogP contribution in [0.4, 0.5) is 4.39 Å². The van der Waals surface area contributed by atoms with Gasteiger partial charge in [-0.05, 0) is 50.6 Å². The second-order valence-electron chi connectivity index (χ2n) is 6.23. The minimum absolute atomic E-state index is 0.00937. The summed E-state index contributed by atoms with van der Waals surface area (Å²) < 4.78 is 13.2. The number of carbonyl (C=O) groups excluding carboxylic acids is 1. The van der Waals surface area contributed by atoms with E-state index >= 15 is 0 Å². The van der Waals surface area contributed by atoms with Crippen LogP contribution in [0, 0.1) is 12.7 Å². The molecule has 0 unspecified atom stereocenters. The fourth-order valence-corrected chi connectivity index (χ4v) is 3.13. The minimum atomic E-state index is -0.458. The van der Waals surface area contributed by atoms with E-state index in [0.717, 1.165) is 31.5 Å². The molecule has 1 aromatic carbocycles. The summed E-state index contributed by atoms with van der Waals surface area (Å²) in [6, 6.07) is 6.28. The third kappa shape index (κ3) is 4.11. The topological polar surface area (TPSA) is 78.1 Å². The molecule has 3 rings (SSSR count). The second-order valence-corrected chi connectivity index (χ2v) is 6.23. The number of halogens is 1. The van der Waals surface area contributed by atoms with Crippen molar-refractivity contribution in [3.63, 3.8) is 0 Å². The lowest BCUT2D eigenvalue weighted by molar-refractivity contribution is 0.0936. The van der Waals surface area contributed by atoms with Crippen molar-refractivity contribution < 1.29 is 9.18 Å². The third-order valence-corrected chi connectivity index (χ3v) is 4.46. The van der Waals surface area contributed by atoms with E-state index in [1.807, 2.05) is 0 Å². The zero-order valence-corrected chi connectivity index (χ0v) is 14.1. The van der Waals surface area contributed by atoms with Crippen molar-refractivity contribution in [1.29, 1.82) is 0 Å². The van der Waals surface area contributed by atoms with Gasteiger partial charge in [0.25, 0.3) is 11.5 Å². The number of aromatic amines is 1. The molecule has 0 spiro atoms. The molecule has 7 heteroatoms. The summed E-state index contributed by atoms with van der Waals surface area (Å²) in [4.78, 5) is 33.0. The van der Waals surface area contributed by atoms with E-state index in [4.69, 9.17) is 0 Å². The molecule has 1 fully saturated rings. The van der Waals surface area contributed by atoms with Crippen molar-refractivity contribution in [2.45, 2.75) is 25.8 Å². The van der Waals surface area contributed by atoms with E-state index in [0.29, 0.717) is 12.4 Å². The summed E-state index contributed by atoms with van der Waals surface area (Å²) in [6.07, 6.45) is 3.49. The van der Waals surface area contributed by atoms with Gasteiger partial charge in [-0.15, -0.1) is 0 Å². The van der Waals surface area contributed by atoms with Gasteiger partial charge < -0.3 is 10.3 Å². The molecule has 2 heterocycles. The largest absolute Gasteiger partial charge is 0.350 e. The molecule has 25 heavy (non-hydrogen) atoms. The summed E-state index contributed by atoms with van der Waals surface area (Å²) in [7, 11) is 0. The van der Waals surface area contributed by atoms with Crippen LogP contribution in [0.1, 0.15) is 40.6 Å². The lowest BCUT2D eigenvalue weighted by atomic mass is 10.1. The van der Waals surface area contributed by atoms with E-state index in [1.54, 1.807) is 19.1 Å². The maximum absolute atomic E-state index is 13.2. The van der Waals surface area contributed by atoms with Crippen LogP contribution in [-0.2, 0) is 0 Å². The Morgan fingerprint density at radius 3 is 2.64 bits per heavy atom. The first-order valence-electron chi connectivity index (χ1n) is 8.38. The number of benzene rings is 1. The molecular weight excluding hydrogens is 323 g/mol. The van der Waals surface area contributed by atoms with Crippen LogP contribution in [0.3, 0.4) is 0 Å². The van der Waals surface area contributed by atoms with Gasteiger partial charge in [0, 0.05) is 12.7 Å². The SMILES string of the molecule is Cc1ncc(C(=O)NC[C@@H](c2ccc(F)cc2)N2CCCC2)c(=O)[nH]1. The number of aromatic nitrogens is 2. The lowest BCUT2D eigenvalue weighted by Gasteiger charge is -2.28. The van der Waals surface area contributed by atoms with Crippen molar-refractivity contribution in [1.82, 2.24) is 20.2 Å². The van der Waals surface area contributed by atoms with Gasteiger partial charge in [0.2, 0.25) is 0 Å². The smallest absolute Gasteiger partial charge is 0.263 e. The van der Waals surface area contributed by atoms with Crippen LogP contribution in [0.5, 0.6) is 0 Å². The van der Waals surface area contributed by atoms with Crippen molar-refractivity contribution in [3.05, 3.63) is 63.6 Å². The summed E-state index contributed by atoms with van der Waals surface area (Å²) in [5, 5.41) is 2.81. The zero-order valence-electron chi connectivity index (χ0n) is 14.1. The first-order valence-corrected chi connectivity index (χ1v) is 8.38. The van der Waals surface area contributed by atoms with Gasteiger partial charge in [0.1, 0.15) is 17.2 Å². The van der Waals surface area contributed by atoms with Gasteiger partial charge in [0.05, 0.1) is 6.04 Å². The normalized spacial score (nSPS) is 15.9. The minimum Gasteiger partial charge on any atom is -0.350 e. The monoisotopic (exact) mass is 344 g/mol. The predicted octanol–water partition coefficient (Wildman–Crippen LogP) is 1.78. The Bertz CT molecular complexity index is 797. The van der Waals surface area contributed by atoms with Crippen LogP contribution >= 0.6 is 0 Å². The highest BCUT2D eigenvalue weighted by Gasteiger charge is 2.24. The quantitative estimate of drug-likeness (QED) is 0.867. The number of likely N-dealkylation sites (tertiary alicyclic amines) is 1. The molecule has 1 aliphatic rings. The van der Waals surface area contributed by atoms with Gasteiger partial charge in [0.15, 0.2) is 0 Å². The van der Waals surface area contributed by atoms with Crippen LogP contribution in [-0.4, -0.2) is 40.4 Å². The number of H-pyrrole nitrogens is 1. The van der Waals surface area contributed by atoms with Crippen molar-refractivity contribution in [2.24, 2.45) is 0 Å². The molecule has 2 N–H and O–H groups in total. The molecule has 2 aromatic rings. The van der Waals surface area contributed by atoms with Crippen molar-refractivity contribution >= 4 is 5.91 Å². The average Bonchev–Trinajstić information content (AvgIpc) is 3.10. The molecule has 0 aliphatic carbocycles. The molecule has 1 aliphatic heterocycles. The lowest BCUT2D eigenvalue weighted by Crippen LogP contribution is -2.38. The predicted molar refractivity (Wildman–Crippen MR) is 91.9 cm³/mol. The summed E-state index contributed by atoms with van der Waals surface area (Å²) in [5.41, 5.74) is 0.480. The Balaban J connectivity index is 1.75. The molecular formula is C18H21FN4O2. The second kappa shape index (κ2) is 7.57. The first kappa shape index (κ1) is 17.3. The highest BCUT2D eigenvalue weighted by atomic mass is 19.1. The summed E-state index contributed by atoms with van der Waals surface area (Å²) >= 11 is 0. The summed E-state index contributed by atoms with van der Waals surface area (Å²) in [5.74, 6) is -0.284. The zero-order chi connectivity index (χ0) is 17.8. The number of nitrogens with zero attached hydrogens (tertiary/aromatic N) is 2. The Morgan fingerprint density at radius 1 is 1.32 bits per heavy atom. The van der Waals surface area contributed by atoms with Gasteiger partial charge in [-0.2, -0.15) is 0 Å². The Labute approximate surface area is 145 Å². The number of nitrogens with one attached hydrogen (secondary N) is 2. The third-order valence-electron chi connectivity index (χ3n) is 4.46. The Morgan fingerprint density at radius 2 is 2.00 bits per heavy atom. The molecule has 1 saturated heterocycles.